The van der Waals surface area contributed by atoms with E-state index in [9.17, 15) is 10.4 Å². The second kappa shape index (κ2) is 10.8. The summed E-state index contributed by atoms with van der Waals surface area (Å²) in [6.45, 7) is 0.911. The zero-order valence-electron chi connectivity index (χ0n) is 20.6. The number of phenolic OH excluding ortho intramolecular Hbond substituents is 1. The normalized spacial score (nSPS) is 22.2. The number of phenols is 1. The lowest BCUT2D eigenvalue weighted by molar-refractivity contribution is 0.340. The van der Waals surface area contributed by atoms with E-state index in [0.29, 0.717) is 29.4 Å². The van der Waals surface area contributed by atoms with E-state index in [4.69, 9.17) is 5.73 Å². The fourth-order valence-electron chi connectivity index (χ4n) is 6.29. The minimum Gasteiger partial charge on any atom is -0.508 e. The molecule has 1 aromatic heterocycles. The molecule has 5 nitrogen and oxygen atoms in total. The van der Waals surface area contributed by atoms with Crippen LogP contribution in [0, 0.1) is 11.3 Å². The van der Waals surface area contributed by atoms with Gasteiger partial charge in [-0.1, -0.05) is 31.4 Å². The molecule has 5 rings (SSSR count). The van der Waals surface area contributed by atoms with Crippen molar-refractivity contribution in [1.82, 2.24) is 9.88 Å². The number of hydrogen-bond acceptors (Lipinski definition) is 4. The summed E-state index contributed by atoms with van der Waals surface area (Å²) in [6.07, 6.45) is 14.1. The molecule has 2 aliphatic rings. The maximum Gasteiger partial charge on any atom is 0.115 e. The van der Waals surface area contributed by atoms with E-state index < -0.39 is 0 Å². The number of benzene rings is 2. The summed E-state index contributed by atoms with van der Waals surface area (Å²) in [6, 6.07) is 17.6. The van der Waals surface area contributed by atoms with Crippen molar-refractivity contribution in [2.24, 2.45) is 5.73 Å². The molecule has 0 radical (unpaired) electrons. The van der Waals surface area contributed by atoms with Crippen LogP contribution >= 0.6 is 0 Å². The first-order valence-electron chi connectivity index (χ1n) is 13.4. The Hall–Kier alpha value is -2.81. The molecule has 2 fully saturated rings. The highest BCUT2D eigenvalue weighted by Gasteiger charge is 2.25. The Morgan fingerprint density at radius 2 is 1.83 bits per heavy atom. The van der Waals surface area contributed by atoms with Gasteiger partial charge in [0.25, 0.3) is 0 Å². The van der Waals surface area contributed by atoms with Crippen LogP contribution < -0.4 is 11.1 Å². The number of nitrogens with two attached hydrogens (primary N) is 1. The van der Waals surface area contributed by atoms with E-state index in [0.717, 1.165) is 44.2 Å². The maximum atomic E-state index is 10.3. The van der Waals surface area contributed by atoms with Crippen LogP contribution in [-0.4, -0.2) is 28.3 Å². The Morgan fingerprint density at radius 1 is 1.03 bits per heavy atom. The van der Waals surface area contributed by atoms with E-state index in [1.54, 1.807) is 6.07 Å². The lowest BCUT2D eigenvalue weighted by atomic mass is 9.87. The number of rotatable bonds is 7. The molecular formula is C30H38N4O. The molecule has 184 valence electrons. The van der Waals surface area contributed by atoms with Crippen molar-refractivity contribution >= 4 is 10.9 Å². The van der Waals surface area contributed by atoms with Gasteiger partial charge in [-0.25, -0.2) is 0 Å². The molecule has 0 bridgehead atoms. The average Bonchev–Trinajstić information content (AvgIpc) is 3.26. The summed E-state index contributed by atoms with van der Waals surface area (Å²) >= 11 is 0. The van der Waals surface area contributed by atoms with Crippen LogP contribution in [0.4, 0.5) is 0 Å². The summed E-state index contributed by atoms with van der Waals surface area (Å²) < 4.78 is 2.48. The fourth-order valence-corrected chi connectivity index (χ4v) is 6.29. The highest BCUT2D eigenvalue weighted by atomic mass is 16.3. The van der Waals surface area contributed by atoms with Gasteiger partial charge in [0, 0.05) is 41.1 Å². The average molecular weight is 471 g/mol. The highest BCUT2D eigenvalue weighted by Crippen LogP contribution is 2.39. The van der Waals surface area contributed by atoms with Gasteiger partial charge in [0.1, 0.15) is 5.75 Å². The third kappa shape index (κ3) is 5.39. The molecular weight excluding hydrogens is 432 g/mol. The number of hydrogen-bond donors (Lipinski definition) is 3. The van der Waals surface area contributed by atoms with Crippen molar-refractivity contribution in [3.05, 3.63) is 65.4 Å². The van der Waals surface area contributed by atoms with Gasteiger partial charge >= 0.3 is 0 Å². The first-order chi connectivity index (χ1) is 17.1. The smallest absolute Gasteiger partial charge is 0.115 e. The van der Waals surface area contributed by atoms with Crippen LogP contribution in [-0.2, 0) is 0 Å². The molecule has 2 saturated carbocycles. The monoisotopic (exact) mass is 470 g/mol. The van der Waals surface area contributed by atoms with E-state index >= 15 is 0 Å². The van der Waals surface area contributed by atoms with Crippen LogP contribution in [0.25, 0.3) is 10.9 Å². The molecule has 0 saturated heterocycles. The van der Waals surface area contributed by atoms with Gasteiger partial charge < -0.3 is 20.7 Å². The van der Waals surface area contributed by atoms with Gasteiger partial charge in [-0.15, -0.1) is 0 Å². The molecule has 5 heteroatoms. The van der Waals surface area contributed by atoms with Crippen LogP contribution in [0.2, 0.25) is 0 Å². The van der Waals surface area contributed by atoms with Crippen molar-refractivity contribution in [1.29, 1.82) is 5.26 Å². The quantitative estimate of drug-likeness (QED) is 0.389. The third-order valence-corrected chi connectivity index (χ3v) is 8.25. The van der Waals surface area contributed by atoms with Gasteiger partial charge in [-0.3, -0.25) is 0 Å². The standard InChI is InChI=1S/C30H38N4O/c31-19-21-9-14-30-28(17-21)29(20-34(30)25-6-2-1-3-7-25)27(22-5-4-8-26(35)18-22)15-16-33-24-12-10-23(32)11-13-24/h4-5,8-9,14,17-18,20,23-25,27,33,35H,1-3,6-7,10-13,15-16,32H2. The van der Waals surface area contributed by atoms with Crippen molar-refractivity contribution in [3.63, 3.8) is 0 Å². The van der Waals surface area contributed by atoms with Crippen LogP contribution in [0.3, 0.4) is 0 Å². The number of fused-ring (bicyclic) bond motifs is 1. The third-order valence-electron chi connectivity index (χ3n) is 8.25. The number of aromatic hydroxyl groups is 1. The lowest BCUT2D eigenvalue weighted by Gasteiger charge is -2.28. The Balaban J connectivity index is 1.50. The number of nitrogens with zero attached hydrogens (tertiary/aromatic N) is 2. The Bertz CT molecular complexity index is 1180. The SMILES string of the molecule is N#Cc1ccc2c(c1)c(C(CCNC1CCC(N)CC1)c1cccc(O)c1)cn2C1CCCCC1. The van der Waals surface area contributed by atoms with Crippen LogP contribution in [0.5, 0.6) is 5.75 Å². The van der Waals surface area contributed by atoms with Crippen molar-refractivity contribution < 1.29 is 5.11 Å². The minimum absolute atomic E-state index is 0.140. The molecule has 4 N–H and O–H groups in total. The first kappa shape index (κ1) is 23.9. The summed E-state index contributed by atoms with van der Waals surface area (Å²) in [4.78, 5) is 0. The summed E-state index contributed by atoms with van der Waals surface area (Å²) in [5.41, 5.74) is 10.4. The maximum absolute atomic E-state index is 10.3. The summed E-state index contributed by atoms with van der Waals surface area (Å²) in [5.74, 6) is 0.442. The minimum atomic E-state index is 0.140. The summed E-state index contributed by atoms with van der Waals surface area (Å²) in [7, 11) is 0. The molecule has 0 aliphatic heterocycles. The second-order valence-electron chi connectivity index (χ2n) is 10.6. The Morgan fingerprint density at radius 3 is 2.57 bits per heavy atom. The molecule has 3 aromatic rings. The molecule has 1 unspecified atom stereocenters. The van der Waals surface area contributed by atoms with Gasteiger partial charge in [0.15, 0.2) is 0 Å². The first-order valence-corrected chi connectivity index (χ1v) is 13.4. The molecule has 0 spiro atoms. The molecule has 1 atom stereocenters. The van der Waals surface area contributed by atoms with Gasteiger partial charge in [-0.2, -0.15) is 5.26 Å². The van der Waals surface area contributed by atoms with E-state index in [1.807, 2.05) is 18.2 Å². The van der Waals surface area contributed by atoms with Crippen LogP contribution in [0.15, 0.2) is 48.7 Å². The van der Waals surface area contributed by atoms with E-state index in [-0.39, 0.29) is 5.92 Å². The van der Waals surface area contributed by atoms with Gasteiger partial charge in [0.2, 0.25) is 0 Å². The van der Waals surface area contributed by atoms with E-state index in [2.05, 4.69) is 40.3 Å². The van der Waals surface area contributed by atoms with Crippen molar-refractivity contribution in [3.8, 4) is 11.8 Å². The predicted octanol–water partition coefficient (Wildman–Crippen LogP) is 6.11. The van der Waals surface area contributed by atoms with Crippen LogP contribution in [0.1, 0.15) is 92.9 Å². The topological polar surface area (TPSA) is 87.0 Å². The second-order valence-corrected chi connectivity index (χ2v) is 10.6. The zero-order valence-corrected chi connectivity index (χ0v) is 20.6. The summed E-state index contributed by atoms with van der Waals surface area (Å²) in [5, 5.41) is 24.9. The van der Waals surface area contributed by atoms with Gasteiger partial charge in [0.05, 0.1) is 11.6 Å². The number of aromatic nitrogens is 1. The van der Waals surface area contributed by atoms with Crippen molar-refractivity contribution in [2.75, 3.05) is 6.54 Å². The lowest BCUT2D eigenvalue weighted by Crippen LogP contribution is -2.38. The number of nitrogens with one attached hydrogen (secondary N) is 1. The molecule has 0 amide bonds. The highest BCUT2D eigenvalue weighted by molar-refractivity contribution is 5.86. The predicted molar refractivity (Wildman–Crippen MR) is 142 cm³/mol. The zero-order chi connectivity index (χ0) is 24.2. The Kier molecular flexibility index (Phi) is 7.41. The molecule has 35 heavy (non-hydrogen) atoms. The number of nitriles is 1. The molecule has 2 aromatic carbocycles. The van der Waals surface area contributed by atoms with E-state index in [1.165, 1.54) is 48.6 Å². The Labute approximate surface area is 208 Å². The fraction of sp³-hybridized carbons (Fsp3) is 0.500. The molecule has 1 heterocycles. The largest absolute Gasteiger partial charge is 0.508 e. The molecule has 2 aliphatic carbocycles. The van der Waals surface area contributed by atoms with Crippen molar-refractivity contribution in [2.45, 2.75) is 88.3 Å². The van der Waals surface area contributed by atoms with Gasteiger partial charge in [-0.05, 0) is 92.9 Å².